The van der Waals surface area contributed by atoms with Crippen LogP contribution < -0.4 is 15.4 Å². The van der Waals surface area contributed by atoms with Gasteiger partial charge < -0.3 is 15.4 Å². The summed E-state index contributed by atoms with van der Waals surface area (Å²) < 4.78 is 29.4. The Morgan fingerprint density at radius 3 is 2.35 bits per heavy atom. The molecule has 0 spiro atoms. The van der Waals surface area contributed by atoms with Crippen molar-refractivity contribution >= 4 is 6.03 Å². The van der Waals surface area contributed by atoms with Crippen LogP contribution in [0.2, 0.25) is 0 Å². The first-order valence-corrected chi connectivity index (χ1v) is 8.43. The highest BCUT2D eigenvalue weighted by atomic mass is 19.3. The number of carbonyl (C=O) groups is 1. The van der Waals surface area contributed by atoms with E-state index in [4.69, 9.17) is 4.74 Å². The van der Waals surface area contributed by atoms with E-state index >= 15 is 0 Å². The monoisotopic (exact) mass is 362 g/mol. The van der Waals surface area contributed by atoms with Gasteiger partial charge in [-0.25, -0.2) is 13.6 Å². The largest absolute Gasteiger partial charge is 0.488 e. The highest BCUT2D eigenvalue weighted by Crippen LogP contribution is 2.16. The van der Waals surface area contributed by atoms with Gasteiger partial charge in [0.1, 0.15) is 12.4 Å². The van der Waals surface area contributed by atoms with Crippen molar-refractivity contribution in [1.29, 1.82) is 0 Å². The van der Waals surface area contributed by atoms with Gasteiger partial charge in [0.05, 0.1) is 0 Å². The zero-order chi connectivity index (χ0) is 19.1. The zero-order valence-electron chi connectivity index (χ0n) is 15.2. The minimum absolute atomic E-state index is 0.281. The zero-order valence-corrected chi connectivity index (χ0v) is 15.2. The Kier molecular flexibility index (Phi) is 6.95. The molecular formula is C20H24F2N2O2. The molecule has 0 heterocycles. The molecular weight excluding hydrogens is 338 g/mol. The van der Waals surface area contributed by atoms with Crippen LogP contribution in [0.15, 0.2) is 36.4 Å². The SMILES string of the molecule is Cc1cc(C)c(CNC(=O)NCc2cccc(OCC(F)F)c2)c(C)c1. The molecule has 0 aliphatic rings. The van der Waals surface area contributed by atoms with Crippen molar-refractivity contribution in [1.82, 2.24) is 10.6 Å². The van der Waals surface area contributed by atoms with E-state index in [-0.39, 0.29) is 12.6 Å². The highest BCUT2D eigenvalue weighted by Gasteiger charge is 2.07. The van der Waals surface area contributed by atoms with Crippen LogP contribution in [-0.2, 0) is 13.1 Å². The number of hydrogen-bond acceptors (Lipinski definition) is 2. The minimum atomic E-state index is -2.52. The van der Waals surface area contributed by atoms with Gasteiger partial charge in [0.2, 0.25) is 0 Å². The molecule has 2 aromatic rings. The quantitative estimate of drug-likeness (QED) is 0.773. The molecule has 26 heavy (non-hydrogen) atoms. The van der Waals surface area contributed by atoms with Gasteiger partial charge in [0, 0.05) is 13.1 Å². The minimum Gasteiger partial charge on any atom is -0.488 e. The second-order valence-corrected chi connectivity index (χ2v) is 6.26. The number of aryl methyl sites for hydroxylation is 3. The number of ether oxygens (including phenoxy) is 1. The van der Waals surface area contributed by atoms with Crippen molar-refractivity contribution in [2.24, 2.45) is 0 Å². The predicted octanol–water partition coefficient (Wildman–Crippen LogP) is 4.26. The van der Waals surface area contributed by atoms with E-state index in [1.165, 1.54) is 5.56 Å². The Bertz CT molecular complexity index is 740. The Hall–Kier alpha value is -2.63. The third kappa shape index (κ3) is 6.02. The molecule has 0 aliphatic carbocycles. The molecule has 0 saturated heterocycles. The highest BCUT2D eigenvalue weighted by molar-refractivity contribution is 5.74. The van der Waals surface area contributed by atoms with E-state index in [0.717, 1.165) is 22.3 Å². The summed E-state index contributed by atoms with van der Waals surface area (Å²) in [7, 11) is 0. The first kappa shape index (κ1) is 19.7. The lowest BCUT2D eigenvalue weighted by Crippen LogP contribution is -2.34. The molecule has 2 N–H and O–H groups in total. The van der Waals surface area contributed by atoms with Crippen LogP contribution in [0.1, 0.15) is 27.8 Å². The summed E-state index contributed by atoms with van der Waals surface area (Å²) in [5.41, 5.74) is 5.36. The second-order valence-electron chi connectivity index (χ2n) is 6.26. The number of nitrogens with one attached hydrogen (secondary N) is 2. The second kappa shape index (κ2) is 9.17. The fourth-order valence-corrected chi connectivity index (χ4v) is 2.81. The van der Waals surface area contributed by atoms with Crippen LogP contribution >= 0.6 is 0 Å². The van der Waals surface area contributed by atoms with Crippen LogP contribution in [0.25, 0.3) is 0 Å². The Labute approximate surface area is 152 Å². The molecule has 0 fully saturated rings. The lowest BCUT2D eigenvalue weighted by Gasteiger charge is -2.13. The molecule has 6 heteroatoms. The van der Waals surface area contributed by atoms with E-state index in [1.54, 1.807) is 24.3 Å². The fraction of sp³-hybridized carbons (Fsp3) is 0.350. The van der Waals surface area contributed by atoms with E-state index in [0.29, 0.717) is 12.3 Å². The number of amides is 2. The average molecular weight is 362 g/mol. The van der Waals surface area contributed by atoms with Gasteiger partial charge in [-0.1, -0.05) is 29.8 Å². The number of carbonyl (C=O) groups excluding carboxylic acids is 1. The molecule has 2 amide bonds. The molecule has 0 unspecified atom stereocenters. The van der Waals surface area contributed by atoms with E-state index < -0.39 is 13.0 Å². The van der Waals surface area contributed by atoms with Crippen LogP contribution in [0, 0.1) is 20.8 Å². The summed E-state index contributed by atoms with van der Waals surface area (Å²) in [6.07, 6.45) is -2.52. The summed E-state index contributed by atoms with van der Waals surface area (Å²) in [6, 6.07) is 10.6. The number of hydrogen-bond donors (Lipinski definition) is 2. The molecule has 0 aliphatic heterocycles. The molecule has 0 radical (unpaired) electrons. The molecule has 0 atom stereocenters. The number of urea groups is 1. The average Bonchev–Trinajstić information content (AvgIpc) is 2.57. The standard InChI is InChI=1S/C20H24F2N2O2/c1-13-7-14(2)18(15(3)8-13)11-24-20(25)23-10-16-5-4-6-17(9-16)26-12-19(21)22/h4-9,19H,10-12H2,1-3H3,(H2,23,24,25). The maximum Gasteiger partial charge on any atom is 0.315 e. The third-order valence-electron chi connectivity index (χ3n) is 3.99. The third-order valence-corrected chi connectivity index (χ3v) is 3.99. The fourth-order valence-electron chi connectivity index (χ4n) is 2.81. The molecule has 0 aromatic heterocycles. The van der Waals surface area contributed by atoms with Gasteiger partial charge in [-0.15, -0.1) is 0 Å². The Balaban J connectivity index is 1.85. The molecule has 0 bridgehead atoms. The van der Waals surface area contributed by atoms with Crippen molar-refractivity contribution in [3.63, 3.8) is 0 Å². The van der Waals surface area contributed by atoms with Crippen molar-refractivity contribution < 1.29 is 18.3 Å². The van der Waals surface area contributed by atoms with Crippen molar-refractivity contribution in [3.05, 3.63) is 64.2 Å². The summed E-state index contributed by atoms with van der Waals surface area (Å²) in [6.45, 7) is 6.18. The lowest BCUT2D eigenvalue weighted by molar-refractivity contribution is 0.0818. The van der Waals surface area contributed by atoms with Gasteiger partial charge in [-0.3, -0.25) is 0 Å². The van der Waals surface area contributed by atoms with Gasteiger partial charge in [0.15, 0.2) is 0 Å². The number of rotatable bonds is 7. The first-order valence-electron chi connectivity index (χ1n) is 8.43. The van der Waals surface area contributed by atoms with Crippen molar-refractivity contribution in [2.75, 3.05) is 6.61 Å². The number of alkyl halides is 2. The summed E-state index contributed by atoms with van der Waals surface area (Å²) in [5, 5.41) is 5.60. The maximum absolute atomic E-state index is 12.2. The van der Waals surface area contributed by atoms with Gasteiger partial charge >= 0.3 is 6.03 Å². The van der Waals surface area contributed by atoms with Crippen LogP contribution in [0.3, 0.4) is 0 Å². The lowest BCUT2D eigenvalue weighted by atomic mass is 10.00. The van der Waals surface area contributed by atoms with Crippen LogP contribution in [-0.4, -0.2) is 19.1 Å². The summed E-state index contributed by atoms with van der Waals surface area (Å²) in [4.78, 5) is 12.0. The summed E-state index contributed by atoms with van der Waals surface area (Å²) >= 11 is 0. The van der Waals surface area contributed by atoms with Gasteiger partial charge in [-0.2, -0.15) is 0 Å². The predicted molar refractivity (Wildman–Crippen MR) is 97.7 cm³/mol. The molecule has 140 valence electrons. The Morgan fingerprint density at radius 2 is 1.69 bits per heavy atom. The Morgan fingerprint density at radius 1 is 1.04 bits per heavy atom. The first-order chi connectivity index (χ1) is 12.3. The van der Waals surface area contributed by atoms with E-state index in [1.807, 2.05) is 20.8 Å². The molecule has 2 aromatic carbocycles. The van der Waals surface area contributed by atoms with Crippen molar-refractivity contribution in [2.45, 2.75) is 40.3 Å². The summed E-state index contributed by atoms with van der Waals surface area (Å²) in [5.74, 6) is 0.357. The maximum atomic E-state index is 12.2. The molecule has 0 saturated carbocycles. The molecule has 2 rings (SSSR count). The van der Waals surface area contributed by atoms with Gasteiger partial charge in [-0.05, 0) is 55.2 Å². The van der Waals surface area contributed by atoms with E-state index in [2.05, 4.69) is 22.8 Å². The van der Waals surface area contributed by atoms with E-state index in [9.17, 15) is 13.6 Å². The van der Waals surface area contributed by atoms with Gasteiger partial charge in [0.25, 0.3) is 6.43 Å². The van der Waals surface area contributed by atoms with Crippen LogP contribution in [0.5, 0.6) is 5.75 Å². The smallest absolute Gasteiger partial charge is 0.315 e. The number of halogens is 2. The number of benzene rings is 2. The molecule has 4 nitrogen and oxygen atoms in total. The van der Waals surface area contributed by atoms with Crippen LogP contribution in [0.4, 0.5) is 13.6 Å². The topological polar surface area (TPSA) is 50.4 Å². The normalized spacial score (nSPS) is 10.7. The van der Waals surface area contributed by atoms with Crippen molar-refractivity contribution in [3.8, 4) is 5.75 Å².